The highest BCUT2D eigenvalue weighted by atomic mass is 16.5. The van der Waals surface area contributed by atoms with Crippen LogP contribution in [0.15, 0.2) is 0 Å². The first kappa shape index (κ1) is 26.9. The summed E-state index contributed by atoms with van der Waals surface area (Å²) in [4.78, 5) is 0. The number of rotatable bonds is 15. The first-order valence-corrected chi connectivity index (χ1v) is 11.4. The summed E-state index contributed by atoms with van der Waals surface area (Å²) in [5.41, 5.74) is 0.0460. The maximum Gasteiger partial charge on any atom is 0.0706 e. The van der Waals surface area contributed by atoms with Crippen LogP contribution in [0.3, 0.4) is 0 Å². The van der Waals surface area contributed by atoms with Crippen molar-refractivity contribution in [3.63, 3.8) is 0 Å². The van der Waals surface area contributed by atoms with Crippen LogP contribution >= 0.6 is 0 Å². The zero-order chi connectivity index (χ0) is 21.4. The summed E-state index contributed by atoms with van der Waals surface area (Å²) in [6, 6.07) is 0. The molecule has 1 N–H and O–H groups in total. The van der Waals surface area contributed by atoms with E-state index in [1.807, 2.05) is 0 Å². The number of nitrogens with one attached hydrogen (secondary N) is 1. The Morgan fingerprint density at radius 2 is 1.41 bits per heavy atom. The molecule has 0 heterocycles. The lowest BCUT2D eigenvalue weighted by Gasteiger charge is -2.48. The summed E-state index contributed by atoms with van der Waals surface area (Å²) in [7, 11) is 2.08. The van der Waals surface area contributed by atoms with Gasteiger partial charge in [-0.1, -0.05) is 48.0 Å². The summed E-state index contributed by atoms with van der Waals surface area (Å²) in [5.74, 6) is 0.463. The average molecular weight is 386 g/mol. The molecular formula is C24H51NO2. The Labute approximate surface area is 171 Å². The fourth-order valence-corrected chi connectivity index (χ4v) is 3.80. The molecule has 0 saturated heterocycles. The van der Waals surface area contributed by atoms with E-state index in [2.05, 4.69) is 81.6 Å². The van der Waals surface area contributed by atoms with Crippen molar-refractivity contribution in [2.75, 3.05) is 20.3 Å². The highest BCUT2D eigenvalue weighted by Crippen LogP contribution is 2.44. The molecule has 0 saturated carbocycles. The van der Waals surface area contributed by atoms with Crippen molar-refractivity contribution in [3.8, 4) is 0 Å². The van der Waals surface area contributed by atoms with Crippen molar-refractivity contribution in [1.82, 2.24) is 5.32 Å². The van der Waals surface area contributed by atoms with Crippen LogP contribution < -0.4 is 5.32 Å². The van der Waals surface area contributed by atoms with Crippen LogP contribution in [-0.4, -0.2) is 37.0 Å². The van der Waals surface area contributed by atoms with Crippen molar-refractivity contribution < 1.29 is 9.47 Å². The molecule has 0 radical (unpaired) electrons. The molecule has 0 aromatic heterocycles. The highest BCUT2D eigenvalue weighted by molar-refractivity contribution is 4.94. The Bertz CT molecular complexity index is 411. The molecule has 0 aliphatic carbocycles. The lowest BCUT2D eigenvalue weighted by Crippen LogP contribution is -2.51. The molecule has 0 aliphatic heterocycles. The van der Waals surface area contributed by atoms with Gasteiger partial charge in [0, 0.05) is 12.1 Å². The van der Waals surface area contributed by atoms with Gasteiger partial charge in [-0.3, -0.25) is 0 Å². The minimum Gasteiger partial charge on any atom is -0.376 e. The van der Waals surface area contributed by atoms with Crippen LogP contribution in [0, 0.1) is 11.3 Å². The van der Waals surface area contributed by atoms with Crippen LogP contribution in [-0.2, 0) is 9.47 Å². The quantitative estimate of drug-likeness (QED) is 0.344. The fraction of sp³-hybridized carbons (Fsp3) is 1.00. The summed E-state index contributed by atoms with van der Waals surface area (Å²) in [5, 5.41) is 3.54. The zero-order valence-corrected chi connectivity index (χ0v) is 20.6. The second-order valence-corrected chi connectivity index (χ2v) is 9.84. The van der Waals surface area contributed by atoms with Crippen molar-refractivity contribution in [2.24, 2.45) is 11.3 Å². The normalized spacial score (nSPS) is 20.6. The van der Waals surface area contributed by atoms with Gasteiger partial charge in [-0.2, -0.15) is 0 Å². The topological polar surface area (TPSA) is 30.5 Å². The third kappa shape index (κ3) is 7.33. The van der Waals surface area contributed by atoms with Gasteiger partial charge in [0.15, 0.2) is 0 Å². The first-order valence-electron chi connectivity index (χ1n) is 11.4. The van der Waals surface area contributed by atoms with E-state index in [1.54, 1.807) is 0 Å². The van der Waals surface area contributed by atoms with Gasteiger partial charge in [0.25, 0.3) is 0 Å². The molecule has 0 spiro atoms. The number of hydrogen-bond donors (Lipinski definition) is 1. The van der Waals surface area contributed by atoms with Crippen molar-refractivity contribution in [3.05, 3.63) is 0 Å². The van der Waals surface area contributed by atoms with E-state index < -0.39 is 0 Å². The molecule has 27 heavy (non-hydrogen) atoms. The molecule has 3 nitrogen and oxygen atoms in total. The SMILES string of the molecule is CCCC(C)(NC)C(C)COC(C)(CC)C(C)(CC)CCOC(C)(C)CC. The second-order valence-electron chi connectivity index (χ2n) is 9.84. The second kappa shape index (κ2) is 11.2. The van der Waals surface area contributed by atoms with Gasteiger partial charge in [0.1, 0.15) is 0 Å². The van der Waals surface area contributed by atoms with Crippen LogP contribution in [0.1, 0.15) is 108 Å². The smallest absolute Gasteiger partial charge is 0.0706 e. The standard InChI is InChI=1S/C24H51NO2/c1-12-16-23(9,25-11)20(5)19-27-24(10,15-4)22(8,14-3)17-18-26-21(6,7)13-2/h20,25H,12-19H2,1-11H3. The van der Waals surface area contributed by atoms with Crippen LogP contribution in [0.25, 0.3) is 0 Å². The van der Waals surface area contributed by atoms with E-state index >= 15 is 0 Å². The Morgan fingerprint density at radius 1 is 0.815 bits per heavy atom. The number of ether oxygens (including phenoxy) is 2. The van der Waals surface area contributed by atoms with E-state index in [1.165, 1.54) is 12.8 Å². The maximum absolute atomic E-state index is 6.70. The molecule has 0 bridgehead atoms. The Morgan fingerprint density at radius 3 is 1.81 bits per heavy atom. The van der Waals surface area contributed by atoms with Gasteiger partial charge in [-0.05, 0) is 78.2 Å². The monoisotopic (exact) mass is 385 g/mol. The number of hydrogen-bond acceptors (Lipinski definition) is 3. The summed E-state index contributed by atoms with van der Waals surface area (Å²) >= 11 is 0. The zero-order valence-electron chi connectivity index (χ0n) is 20.6. The molecule has 0 amide bonds. The predicted molar refractivity (Wildman–Crippen MR) is 120 cm³/mol. The van der Waals surface area contributed by atoms with Crippen molar-refractivity contribution in [1.29, 1.82) is 0 Å². The van der Waals surface area contributed by atoms with Crippen molar-refractivity contribution >= 4 is 0 Å². The minimum atomic E-state index is -0.142. The minimum absolute atomic E-state index is 0.0403. The molecule has 0 aliphatic rings. The third-order valence-corrected chi connectivity index (χ3v) is 7.81. The van der Waals surface area contributed by atoms with E-state index in [9.17, 15) is 0 Å². The van der Waals surface area contributed by atoms with Gasteiger partial charge in [-0.25, -0.2) is 0 Å². The highest BCUT2D eigenvalue weighted by Gasteiger charge is 2.44. The van der Waals surface area contributed by atoms with Gasteiger partial charge in [-0.15, -0.1) is 0 Å². The Balaban J connectivity index is 5.11. The van der Waals surface area contributed by atoms with E-state index in [-0.39, 0.29) is 22.2 Å². The van der Waals surface area contributed by atoms with E-state index in [0.717, 1.165) is 38.9 Å². The predicted octanol–water partition coefficient (Wildman–Crippen LogP) is 6.60. The van der Waals surface area contributed by atoms with E-state index in [4.69, 9.17) is 9.47 Å². The molecular weight excluding hydrogens is 334 g/mol. The van der Waals surface area contributed by atoms with Crippen LogP contribution in [0.4, 0.5) is 0 Å². The summed E-state index contributed by atoms with van der Waals surface area (Å²) < 4.78 is 12.9. The molecule has 0 aromatic carbocycles. The van der Waals surface area contributed by atoms with E-state index in [0.29, 0.717) is 5.92 Å². The van der Waals surface area contributed by atoms with Gasteiger partial charge in [0.2, 0.25) is 0 Å². The molecule has 0 aromatic rings. The molecule has 0 rings (SSSR count). The lowest BCUT2D eigenvalue weighted by atomic mass is 9.68. The maximum atomic E-state index is 6.70. The van der Waals surface area contributed by atoms with Gasteiger partial charge >= 0.3 is 0 Å². The lowest BCUT2D eigenvalue weighted by molar-refractivity contribution is -0.149. The van der Waals surface area contributed by atoms with Crippen molar-refractivity contribution in [2.45, 2.75) is 125 Å². The Hall–Kier alpha value is -0.120. The summed E-state index contributed by atoms with van der Waals surface area (Å²) in [6.07, 6.45) is 6.54. The van der Waals surface area contributed by atoms with Crippen LogP contribution in [0.2, 0.25) is 0 Å². The van der Waals surface area contributed by atoms with Gasteiger partial charge in [0.05, 0.1) is 17.8 Å². The molecule has 3 heteroatoms. The summed E-state index contributed by atoms with van der Waals surface area (Å²) in [6.45, 7) is 24.3. The third-order valence-electron chi connectivity index (χ3n) is 7.81. The molecule has 4 unspecified atom stereocenters. The largest absolute Gasteiger partial charge is 0.376 e. The molecule has 4 atom stereocenters. The fourth-order valence-electron chi connectivity index (χ4n) is 3.80. The Kier molecular flexibility index (Phi) is 11.1. The average Bonchev–Trinajstić information content (AvgIpc) is 2.65. The van der Waals surface area contributed by atoms with Gasteiger partial charge < -0.3 is 14.8 Å². The first-order chi connectivity index (χ1) is 12.4. The molecule has 164 valence electrons. The van der Waals surface area contributed by atoms with Crippen LogP contribution in [0.5, 0.6) is 0 Å². The molecule has 0 fully saturated rings.